The normalized spacial score (nSPS) is 10.2. The third-order valence-electron chi connectivity index (χ3n) is 2.08. The van der Waals surface area contributed by atoms with Gasteiger partial charge in [-0.05, 0) is 31.1 Å². The molecule has 0 saturated heterocycles. The van der Waals surface area contributed by atoms with Crippen molar-refractivity contribution in [1.82, 2.24) is 5.32 Å². The van der Waals surface area contributed by atoms with Gasteiger partial charge in [0.2, 0.25) is 0 Å². The highest BCUT2D eigenvalue weighted by Gasteiger charge is 2.01. The van der Waals surface area contributed by atoms with Crippen LogP contribution in [0.4, 0.5) is 0 Å². The topological polar surface area (TPSA) is 46.2 Å². The molecule has 1 aromatic carbocycles. The molecule has 16 heavy (non-hydrogen) atoms. The van der Waals surface area contributed by atoms with Crippen molar-refractivity contribution in [3.63, 3.8) is 0 Å². The second-order valence-electron chi connectivity index (χ2n) is 3.33. The lowest BCUT2D eigenvalue weighted by Gasteiger charge is -2.03. The molecule has 1 rings (SSSR count). The van der Waals surface area contributed by atoms with E-state index in [2.05, 4.69) is 5.32 Å². The zero-order chi connectivity index (χ0) is 11.6. The summed E-state index contributed by atoms with van der Waals surface area (Å²) in [6, 6.07) is 9.10. The fourth-order valence-corrected chi connectivity index (χ4v) is 1.27. The van der Waals surface area contributed by atoms with E-state index in [4.69, 9.17) is 0 Å². The van der Waals surface area contributed by atoms with Gasteiger partial charge in [0.05, 0.1) is 0 Å². The quantitative estimate of drug-likeness (QED) is 0.449. The number of benzene rings is 1. The minimum absolute atomic E-state index is 0.0556. The fraction of sp³-hybridized carbons (Fsp3) is 0.231. The molecule has 1 amide bonds. The predicted molar refractivity (Wildman–Crippen MR) is 63.2 cm³/mol. The molecule has 0 fully saturated rings. The lowest BCUT2D eigenvalue weighted by molar-refractivity contribution is -0.104. The standard InChI is InChI=1S/C13H15NO2/c15-11-7-2-1-6-10-14-13(16)12-8-4-3-5-9-12/h2-5,7-9,11H,1,6,10H2,(H,14,16)/b7-2+. The van der Waals surface area contributed by atoms with Crippen molar-refractivity contribution in [3.05, 3.63) is 48.0 Å². The number of nitrogens with one attached hydrogen (secondary N) is 1. The Morgan fingerprint density at radius 1 is 1.25 bits per heavy atom. The lowest BCUT2D eigenvalue weighted by atomic mass is 10.2. The highest BCUT2D eigenvalue weighted by atomic mass is 16.1. The van der Waals surface area contributed by atoms with Crippen molar-refractivity contribution in [2.24, 2.45) is 0 Å². The Balaban J connectivity index is 2.21. The van der Waals surface area contributed by atoms with Gasteiger partial charge in [-0.3, -0.25) is 9.59 Å². The van der Waals surface area contributed by atoms with Crippen LogP contribution < -0.4 is 5.32 Å². The molecule has 0 bridgehead atoms. The molecule has 3 nitrogen and oxygen atoms in total. The highest BCUT2D eigenvalue weighted by Crippen LogP contribution is 1.98. The molecule has 84 valence electrons. The van der Waals surface area contributed by atoms with Crippen molar-refractivity contribution >= 4 is 12.2 Å². The maximum atomic E-state index is 11.5. The van der Waals surface area contributed by atoms with Crippen molar-refractivity contribution in [2.75, 3.05) is 6.54 Å². The molecule has 0 aromatic heterocycles. The number of hydrogen-bond donors (Lipinski definition) is 1. The van der Waals surface area contributed by atoms with E-state index >= 15 is 0 Å². The second kappa shape index (κ2) is 7.40. The van der Waals surface area contributed by atoms with Crippen LogP contribution >= 0.6 is 0 Å². The van der Waals surface area contributed by atoms with Gasteiger partial charge in [-0.2, -0.15) is 0 Å². The summed E-state index contributed by atoms with van der Waals surface area (Å²) in [5.41, 5.74) is 0.672. The van der Waals surface area contributed by atoms with E-state index < -0.39 is 0 Å². The van der Waals surface area contributed by atoms with Gasteiger partial charge in [-0.1, -0.05) is 24.3 Å². The van der Waals surface area contributed by atoms with Gasteiger partial charge < -0.3 is 5.32 Å². The van der Waals surface area contributed by atoms with E-state index in [0.717, 1.165) is 19.1 Å². The van der Waals surface area contributed by atoms with Crippen LogP contribution in [0.25, 0.3) is 0 Å². The van der Waals surface area contributed by atoms with Crippen LogP contribution in [-0.4, -0.2) is 18.7 Å². The van der Waals surface area contributed by atoms with Gasteiger partial charge in [-0.15, -0.1) is 0 Å². The van der Waals surface area contributed by atoms with Crippen molar-refractivity contribution in [2.45, 2.75) is 12.8 Å². The Bertz CT molecular complexity index is 357. The molecular formula is C13H15NO2. The molecule has 0 aliphatic rings. The Labute approximate surface area is 95.2 Å². The number of aldehydes is 1. The molecule has 0 radical (unpaired) electrons. The summed E-state index contributed by atoms with van der Waals surface area (Å²) in [6.07, 6.45) is 5.65. The number of carbonyl (C=O) groups excluding carboxylic acids is 2. The first-order valence-corrected chi connectivity index (χ1v) is 5.28. The fourth-order valence-electron chi connectivity index (χ4n) is 1.27. The van der Waals surface area contributed by atoms with Crippen molar-refractivity contribution < 1.29 is 9.59 Å². The molecule has 0 atom stereocenters. The van der Waals surface area contributed by atoms with Crippen molar-refractivity contribution in [1.29, 1.82) is 0 Å². The van der Waals surface area contributed by atoms with Crippen molar-refractivity contribution in [3.8, 4) is 0 Å². The molecule has 1 N–H and O–H groups in total. The molecule has 0 heterocycles. The highest BCUT2D eigenvalue weighted by molar-refractivity contribution is 5.94. The largest absolute Gasteiger partial charge is 0.352 e. The maximum Gasteiger partial charge on any atom is 0.251 e. The van der Waals surface area contributed by atoms with Crippen LogP contribution in [0, 0.1) is 0 Å². The summed E-state index contributed by atoms with van der Waals surface area (Å²) in [6.45, 7) is 0.622. The van der Waals surface area contributed by atoms with E-state index in [-0.39, 0.29) is 5.91 Å². The Kier molecular flexibility index (Phi) is 5.63. The Morgan fingerprint density at radius 3 is 2.69 bits per heavy atom. The molecular weight excluding hydrogens is 202 g/mol. The number of unbranched alkanes of at least 4 members (excludes halogenated alkanes) is 1. The van der Waals surface area contributed by atoms with Gasteiger partial charge in [0.1, 0.15) is 6.29 Å². The average Bonchev–Trinajstić information content (AvgIpc) is 2.34. The second-order valence-corrected chi connectivity index (χ2v) is 3.33. The zero-order valence-corrected chi connectivity index (χ0v) is 9.06. The molecule has 1 aromatic rings. The Morgan fingerprint density at radius 2 is 2.00 bits per heavy atom. The minimum Gasteiger partial charge on any atom is -0.352 e. The van der Waals surface area contributed by atoms with E-state index in [1.807, 2.05) is 18.2 Å². The van der Waals surface area contributed by atoms with Crippen LogP contribution in [0.5, 0.6) is 0 Å². The molecule has 0 unspecified atom stereocenters. The molecule has 3 heteroatoms. The van der Waals surface area contributed by atoms with Gasteiger partial charge in [0.15, 0.2) is 0 Å². The predicted octanol–water partition coefficient (Wildman–Crippen LogP) is 1.95. The van der Waals surface area contributed by atoms with Crippen LogP contribution in [0.3, 0.4) is 0 Å². The first-order chi connectivity index (χ1) is 7.84. The summed E-state index contributed by atoms with van der Waals surface area (Å²) in [5, 5.41) is 2.81. The third kappa shape index (κ3) is 4.55. The van der Waals surface area contributed by atoms with Crippen LogP contribution in [0.1, 0.15) is 23.2 Å². The van der Waals surface area contributed by atoms with Crippen LogP contribution in [0.15, 0.2) is 42.5 Å². The third-order valence-corrected chi connectivity index (χ3v) is 2.08. The van der Waals surface area contributed by atoms with E-state index in [1.54, 1.807) is 18.2 Å². The summed E-state index contributed by atoms with van der Waals surface area (Å²) in [4.78, 5) is 21.5. The van der Waals surface area contributed by atoms with Gasteiger partial charge >= 0.3 is 0 Å². The van der Waals surface area contributed by atoms with Gasteiger partial charge in [0.25, 0.3) is 5.91 Å². The average molecular weight is 217 g/mol. The molecule has 0 spiro atoms. The summed E-state index contributed by atoms with van der Waals surface area (Å²) < 4.78 is 0. The number of rotatable bonds is 6. The van der Waals surface area contributed by atoms with E-state index in [0.29, 0.717) is 12.1 Å². The molecule has 0 aliphatic heterocycles. The van der Waals surface area contributed by atoms with Gasteiger partial charge in [-0.25, -0.2) is 0 Å². The smallest absolute Gasteiger partial charge is 0.251 e. The van der Waals surface area contributed by atoms with Gasteiger partial charge in [0, 0.05) is 12.1 Å². The number of allylic oxidation sites excluding steroid dienone is 2. The Hall–Kier alpha value is -1.90. The zero-order valence-electron chi connectivity index (χ0n) is 9.06. The summed E-state index contributed by atoms with van der Waals surface area (Å²) in [5.74, 6) is -0.0556. The van der Waals surface area contributed by atoms with Crippen LogP contribution in [0.2, 0.25) is 0 Å². The first kappa shape index (κ1) is 12.2. The monoisotopic (exact) mass is 217 g/mol. The first-order valence-electron chi connectivity index (χ1n) is 5.28. The summed E-state index contributed by atoms with van der Waals surface area (Å²) in [7, 11) is 0. The van der Waals surface area contributed by atoms with E-state index in [9.17, 15) is 9.59 Å². The van der Waals surface area contributed by atoms with Crippen LogP contribution in [-0.2, 0) is 4.79 Å². The lowest BCUT2D eigenvalue weighted by Crippen LogP contribution is -2.24. The maximum absolute atomic E-state index is 11.5. The SMILES string of the molecule is O=C/C=C/CCCNC(=O)c1ccccc1. The molecule has 0 saturated carbocycles. The van der Waals surface area contributed by atoms with E-state index in [1.165, 1.54) is 6.08 Å². The summed E-state index contributed by atoms with van der Waals surface area (Å²) >= 11 is 0. The minimum atomic E-state index is -0.0556. The number of hydrogen-bond acceptors (Lipinski definition) is 2. The number of amides is 1. The molecule has 0 aliphatic carbocycles. The number of carbonyl (C=O) groups is 2.